The Balaban J connectivity index is 1.40. The number of thioether (sulfide) groups is 1. The van der Waals surface area contributed by atoms with E-state index in [-0.39, 0.29) is 11.8 Å². The average molecular weight is 450 g/mol. The van der Waals surface area contributed by atoms with Gasteiger partial charge in [-0.25, -0.2) is 4.98 Å². The van der Waals surface area contributed by atoms with Gasteiger partial charge in [-0.3, -0.25) is 9.59 Å². The summed E-state index contributed by atoms with van der Waals surface area (Å²) in [6, 6.07) is 10.4. The van der Waals surface area contributed by atoms with Crippen LogP contribution >= 0.6 is 46.0 Å². The molecule has 0 bridgehead atoms. The predicted octanol–water partition coefficient (Wildman–Crippen LogP) is 4.36. The number of carbonyl (C=O) groups is 2. The number of nitrogens with one attached hydrogen (secondary N) is 1. The molecule has 2 amide bonds. The highest BCUT2D eigenvalue weighted by molar-refractivity contribution is 7.99. The summed E-state index contributed by atoms with van der Waals surface area (Å²) in [7, 11) is 0. The molecule has 0 saturated carbocycles. The van der Waals surface area contributed by atoms with Crippen molar-refractivity contribution < 1.29 is 9.59 Å². The summed E-state index contributed by atoms with van der Waals surface area (Å²) in [6.45, 7) is 0.343. The van der Waals surface area contributed by atoms with Crippen LogP contribution < -0.4 is 5.32 Å². The quantitative estimate of drug-likeness (QED) is 0.628. The van der Waals surface area contributed by atoms with E-state index in [9.17, 15) is 9.59 Å². The average Bonchev–Trinajstić information content (AvgIpc) is 3.47. The van der Waals surface area contributed by atoms with Crippen LogP contribution in [0.1, 0.15) is 16.1 Å². The Morgan fingerprint density at radius 2 is 2.07 bits per heavy atom. The van der Waals surface area contributed by atoms with Gasteiger partial charge in [0.05, 0.1) is 33.6 Å². The van der Waals surface area contributed by atoms with Crippen molar-refractivity contribution in [3.05, 3.63) is 63.4 Å². The minimum absolute atomic E-state index is 0.170. The Morgan fingerprint density at radius 3 is 2.86 bits per heavy atom. The van der Waals surface area contributed by atoms with Gasteiger partial charge in [-0.15, -0.1) is 34.4 Å². The van der Waals surface area contributed by atoms with E-state index in [4.69, 9.17) is 11.6 Å². The van der Waals surface area contributed by atoms with Crippen LogP contribution in [-0.2, 0) is 11.3 Å². The van der Waals surface area contributed by atoms with E-state index in [1.165, 1.54) is 0 Å². The first kappa shape index (κ1) is 19.4. The van der Waals surface area contributed by atoms with Crippen LogP contribution in [0.2, 0.25) is 5.02 Å². The predicted molar refractivity (Wildman–Crippen MR) is 116 cm³/mol. The number of rotatable bonds is 5. The van der Waals surface area contributed by atoms with Gasteiger partial charge in [-0.05, 0) is 23.6 Å². The second-order valence-corrected chi connectivity index (χ2v) is 9.32. The molecular formula is C19H16ClN3O2S3. The van der Waals surface area contributed by atoms with Gasteiger partial charge in [0.15, 0.2) is 0 Å². The lowest BCUT2D eigenvalue weighted by atomic mass is 10.1. The van der Waals surface area contributed by atoms with E-state index >= 15 is 0 Å². The number of thiophene rings is 1. The van der Waals surface area contributed by atoms with E-state index < -0.39 is 6.04 Å². The Kier molecular flexibility index (Phi) is 6.01. The van der Waals surface area contributed by atoms with Crippen LogP contribution in [0, 0.1) is 0 Å². The molecule has 1 aliphatic rings. The molecule has 1 aromatic carbocycles. The Hall–Kier alpha value is -1.87. The number of carbonyl (C=O) groups excluding carboxylic acids is 2. The van der Waals surface area contributed by atoms with Gasteiger partial charge in [0, 0.05) is 11.1 Å². The maximum absolute atomic E-state index is 12.8. The first-order valence-corrected chi connectivity index (χ1v) is 11.8. The lowest BCUT2D eigenvalue weighted by molar-refractivity contribution is -0.124. The van der Waals surface area contributed by atoms with Gasteiger partial charge in [-0.2, -0.15) is 0 Å². The first-order chi connectivity index (χ1) is 13.6. The molecule has 28 heavy (non-hydrogen) atoms. The summed E-state index contributed by atoms with van der Waals surface area (Å²) < 4.78 is 0. The molecule has 3 heterocycles. The normalized spacial score (nSPS) is 16.3. The number of halogens is 1. The van der Waals surface area contributed by atoms with E-state index in [1.807, 2.05) is 22.9 Å². The molecule has 1 atom stereocenters. The molecule has 1 saturated heterocycles. The number of benzene rings is 1. The SMILES string of the molecule is O=C(NCc1csc(-c2cccs2)n1)C1CSCN1C(=O)c1ccccc1Cl. The van der Waals surface area contributed by atoms with E-state index in [1.54, 1.807) is 63.6 Å². The Labute approximate surface area is 179 Å². The molecule has 0 aliphatic carbocycles. The van der Waals surface area contributed by atoms with Crippen molar-refractivity contribution in [2.75, 3.05) is 11.6 Å². The standard InChI is InChI=1S/C19H16ClN3O2S3/c20-14-5-2-1-4-13(14)19(25)23-11-26-10-15(23)17(24)21-8-12-9-28-18(22-12)16-6-3-7-27-16/h1-7,9,15H,8,10-11H2,(H,21,24). The molecule has 3 aromatic rings. The maximum Gasteiger partial charge on any atom is 0.256 e. The molecule has 9 heteroatoms. The van der Waals surface area contributed by atoms with Crippen LogP contribution in [0.25, 0.3) is 9.88 Å². The number of hydrogen-bond acceptors (Lipinski definition) is 6. The van der Waals surface area contributed by atoms with E-state index in [0.717, 1.165) is 15.6 Å². The van der Waals surface area contributed by atoms with Crippen molar-refractivity contribution in [2.45, 2.75) is 12.6 Å². The number of nitrogens with zero attached hydrogens (tertiary/aromatic N) is 2. The fourth-order valence-corrected chi connectivity index (χ4v) is 5.85. The van der Waals surface area contributed by atoms with Crippen LogP contribution in [0.4, 0.5) is 0 Å². The van der Waals surface area contributed by atoms with Crippen molar-refractivity contribution in [3.8, 4) is 9.88 Å². The molecule has 0 radical (unpaired) electrons. The number of aromatic nitrogens is 1. The third-order valence-corrected chi connectivity index (χ3v) is 7.55. The van der Waals surface area contributed by atoms with Crippen LogP contribution in [0.3, 0.4) is 0 Å². The Morgan fingerprint density at radius 1 is 1.21 bits per heavy atom. The summed E-state index contributed by atoms with van der Waals surface area (Å²) in [5.41, 5.74) is 1.24. The van der Waals surface area contributed by atoms with Gasteiger partial charge in [0.1, 0.15) is 11.0 Å². The fraction of sp³-hybridized carbons (Fsp3) is 0.211. The molecule has 2 aromatic heterocycles. The van der Waals surface area contributed by atoms with Gasteiger partial charge >= 0.3 is 0 Å². The zero-order valence-corrected chi connectivity index (χ0v) is 17.8. The van der Waals surface area contributed by atoms with Crippen molar-refractivity contribution in [1.82, 2.24) is 15.2 Å². The smallest absolute Gasteiger partial charge is 0.256 e. The molecule has 1 fully saturated rings. The largest absolute Gasteiger partial charge is 0.349 e. The first-order valence-electron chi connectivity index (χ1n) is 8.52. The molecule has 1 N–H and O–H groups in total. The van der Waals surface area contributed by atoms with Gasteiger partial charge in [0.2, 0.25) is 5.91 Å². The Bertz CT molecular complexity index is 990. The summed E-state index contributed by atoms with van der Waals surface area (Å²) in [4.78, 5) is 32.8. The lowest BCUT2D eigenvalue weighted by Gasteiger charge is -2.23. The highest BCUT2D eigenvalue weighted by Gasteiger charge is 2.35. The molecule has 5 nitrogen and oxygen atoms in total. The third-order valence-electron chi connectivity index (χ3n) is 4.28. The zero-order valence-electron chi connectivity index (χ0n) is 14.6. The van der Waals surface area contributed by atoms with Crippen LogP contribution in [0.15, 0.2) is 47.2 Å². The van der Waals surface area contributed by atoms with Gasteiger partial charge in [0.25, 0.3) is 5.91 Å². The minimum atomic E-state index is -0.510. The topological polar surface area (TPSA) is 62.3 Å². The van der Waals surface area contributed by atoms with Crippen LogP contribution in [-0.4, -0.2) is 39.4 Å². The number of thiazole rings is 1. The summed E-state index contributed by atoms with van der Waals surface area (Å²) in [6.07, 6.45) is 0. The summed E-state index contributed by atoms with van der Waals surface area (Å²) >= 11 is 10.9. The van der Waals surface area contributed by atoms with E-state index in [0.29, 0.717) is 28.8 Å². The highest BCUT2D eigenvalue weighted by atomic mass is 35.5. The van der Waals surface area contributed by atoms with Crippen LogP contribution in [0.5, 0.6) is 0 Å². The number of hydrogen-bond donors (Lipinski definition) is 1. The molecular weight excluding hydrogens is 434 g/mol. The fourth-order valence-electron chi connectivity index (χ4n) is 2.85. The van der Waals surface area contributed by atoms with Crippen molar-refractivity contribution in [1.29, 1.82) is 0 Å². The number of amides is 2. The second kappa shape index (κ2) is 8.65. The zero-order chi connectivity index (χ0) is 19.5. The molecule has 1 unspecified atom stereocenters. The maximum atomic E-state index is 12.8. The molecule has 4 rings (SSSR count). The van der Waals surface area contributed by atoms with Crippen molar-refractivity contribution >= 4 is 57.9 Å². The highest BCUT2D eigenvalue weighted by Crippen LogP contribution is 2.28. The monoisotopic (exact) mass is 449 g/mol. The minimum Gasteiger partial charge on any atom is -0.349 e. The second-order valence-electron chi connectivity index (χ2n) is 6.11. The third kappa shape index (κ3) is 4.10. The van der Waals surface area contributed by atoms with Crippen molar-refractivity contribution in [3.63, 3.8) is 0 Å². The summed E-state index contributed by atoms with van der Waals surface area (Å²) in [5, 5.41) is 8.23. The lowest BCUT2D eigenvalue weighted by Crippen LogP contribution is -2.47. The molecule has 0 spiro atoms. The summed E-state index contributed by atoms with van der Waals surface area (Å²) in [5.74, 6) is 0.654. The van der Waals surface area contributed by atoms with Crippen molar-refractivity contribution in [2.24, 2.45) is 0 Å². The van der Waals surface area contributed by atoms with Gasteiger partial charge < -0.3 is 10.2 Å². The van der Waals surface area contributed by atoms with E-state index in [2.05, 4.69) is 10.3 Å². The molecule has 1 aliphatic heterocycles. The van der Waals surface area contributed by atoms with Gasteiger partial charge in [-0.1, -0.05) is 29.8 Å². The molecule has 144 valence electrons.